The predicted octanol–water partition coefficient (Wildman–Crippen LogP) is 0.821. The van der Waals surface area contributed by atoms with Crippen molar-refractivity contribution in [3.05, 3.63) is 16.8 Å². The Morgan fingerprint density at radius 2 is 1.94 bits per heavy atom. The van der Waals surface area contributed by atoms with Crippen molar-refractivity contribution in [1.29, 1.82) is 0 Å². The molecule has 1 aromatic rings. The van der Waals surface area contributed by atoms with Crippen LogP contribution < -0.4 is 10.5 Å². The lowest BCUT2D eigenvalue weighted by Gasteiger charge is -2.14. The van der Waals surface area contributed by atoms with Gasteiger partial charge in [0.1, 0.15) is 0 Å². The second-order valence-corrected chi connectivity index (χ2v) is 3.75. The van der Waals surface area contributed by atoms with E-state index in [1.165, 1.54) is 0 Å². The summed E-state index contributed by atoms with van der Waals surface area (Å²) in [4.78, 5) is 0. The van der Waals surface area contributed by atoms with E-state index in [1.807, 2.05) is 0 Å². The largest absolute Gasteiger partial charge is 0.476 e. The molecule has 17 heavy (non-hydrogen) atoms. The Kier molecular flexibility index (Phi) is 5.86. The Morgan fingerprint density at radius 3 is 2.47 bits per heavy atom. The van der Waals surface area contributed by atoms with Gasteiger partial charge in [-0.25, -0.2) is 0 Å². The third kappa shape index (κ3) is 3.38. The van der Waals surface area contributed by atoms with Crippen LogP contribution in [-0.4, -0.2) is 28.5 Å². The monoisotopic (exact) mass is 239 g/mol. The van der Waals surface area contributed by atoms with Crippen LogP contribution in [0.3, 0.4) is 0 Å². The molecule has 5 nitrogen and oxygen atoms in total. The lowest BCUT2D eigenvalue weighted by atomic mass is 10.0. The molecule has 0 aromatic carbocycles. The van der Waals surface area contributed by atoms with Gasteiger partial charge in [-0.2, -0.15) is 5.10 Å². The Bertz CT molecular complexity index is 356. The SMILES string of the molecule is CCc1nnc(OCCCO)c(CN)c1CC. The van der Waals surface area contributed by atoms with Crippen LogP contribution in [0.4, 0.5) is 0 Å². The summed E-state index contributed by atoms with van der Waals surface area (Å²) in [5.74, 6) is 0.509. The highest BCUT2D eigenvalue weighted by Crippen LogP contribution is 2.22. The molecule has 5 heteroatoms. The first-order valence-electron chi connectivity index (χ1n) is 6.09. The highest BCUT2D eigenvalue weighted by molar-refractivity contribution is 5.36. The number of ether oxygens (including phenoxy) is 1. The number of nitrogens with zero attached hydrogens (tertiary/aromatic N) is 2. The van der Waals surface area contributed by atoms with Crippen LogP contribution in [0, 0.1) is 0 Å². The van der Waals surface area contributed by atoms with E-state index < -0.39 is 0 Å². The predicted molar refractivity (Wildman–Crippen MR) is 65.9 cm³/mol. The van der Waals surface area contributed by atoms with Gasteiger partial charge >= 0.3 is 0 Å². The van der Waals surface area contributed by atoms with Crippen molar-refractivity contribution in [2.24, 2.45) is 5.73 Å². The fraction of sp³-hybridized carbons (Fsp3) is 0.667. The smallest absolute Gasteiger partial charge is 0.238 e. The zero-order valence-corrected chi connectivity index (χ0v) is 10.6. The van der Waals surface area contributed by atoms with Gasteiger partial charge in [-0.1, -0.05) is 13.8 Å². The molecule has 0 unspecified atom stereocenters. The highest BCUT2D eigenvalue weighted by atomic mass is 16.5. The van der Waals surface area contributed by atoms with Gasteiger partial charge < -0.3 is 15.6 Å². The van der Waals surface area contributed by atoms with Gasteiger partial charge in [0.25, 0.3) is 0 Å². The molecule has 1 rings (SSSR count). The second-order valence-electron chi connectivity index (χ2n) is 3.75. The van der Waals surface area contributed by atoms with E-state index in [1.54, 1.807) is 0 Å². The van der Waals surface area contributed by atoms with Crippen molar-refractivity contribution in [3.8, 4) is 5.88 Å². The number of aliphatic hydroxyl groups is 1. The van der Waals surface area contributed by atoms with Gasteiger partial charge in [-0.3, -0.25) is 0 Å². The van der Waals surface area contributed by atoms with Crippen LogP contribution >= 0.6 is 0 Å². The van der Waals surface area contributed by atoms with E-state index in [2.05, 4.69) is 24.0 Å². The number of hydrogen-bond donors (Lipinski definition) is 2. The molecule has 1 aromatic heterocycles. The van der Waals surface area contributed by atoms with Gasteiger partial charge in [-0.15, -0.1) is 5.10 Å². The number of aliphatic hydroxyl groups excluding tert-OH is 1. The molecule has 96 valence electrons. The molecule has 0 amide bonds. The molecular weight excluding hydrogens is 218 g/mol. The van der Waals surface area contributed by atoms with E-state index in [9.17, 15) is 0 Å². The average Bonchev–Trinajstić information content (AvgIpc) is 2.38. The average molecular weight is 239 g/mol. The van der Waals surface area contributed by atoms with Crippen LogP contribution in [0.15, 0.2) is 0 Å². The van der Waals surface area contributed by atoms with E-state index >= 15 is 0 Å². The molecule has 1 heterocycles. The first-order chi connectivity index (χ1) is 8.28. The minimum atomic E-state index is 0.110. The van der Waals surface area contributed by atoms with Crippen LogP contribution in [0.25, 0.3) is 0 Å². The second kappa shape index (κ2) is 7.19. The van der Waals surface area contributed by atoms with E-state index in [-0.39, 0.29) is 6.61 Å². The van der Waals surface area contributed by atoms with Crippen LogP contribution in [-0.2, 0) is 19.4 Å². The lowest BCUT2D eigenvalue weighted by Crippen LogP contribution is -2.13. The Labute approximate surface area is 102 Å². The molecule has 0 atom stereocenters. The Balaban J connectivity index is 2.97. The van der Waals surface area contributed by atoms with Crippen molar-refractivity contribution in [1.82, 2.24) is 10.2 Å². The fourth-order valence-corrected chi connectivity index (χ4v) is 1.79. The maximum Gasteiger partial charge on any atom is 0.238 e. The van der Waals surface area contributed by atoms with Crippen LogP contribution in [0.1, 0.15) is 37.1 Å². The van der Waals surface area contributed by atoms with Gasteiger partial charge in [0.05, 0.1) is 12.3 Å². The quantitative estimate of drug-likeness (QED) is 0.688. The number of aromatic nitrogens is 2. The van der Waals surface area contributed by atoms with Gasteiger partial charge in [-0.05, 0) is 18.4 Å². The normalized spacial score (nSPS) is 10.6. The molecular formula is C12H21N3O2. The van der Waals surface area contributed by atoms with Crippen LogP contribution in [0.5, 0.6) is 5.88 Å². The molecule has 0 aliphatic rings. The van der Waals surface area contributed by atoms with Gasteiger partial charge in [0.2, 0.25) is 5.88 Å². The molecule has 0 aliphatic heterocycles. The van der Waals surface area contributed by atoms with E-state index in [4.69, 9.17) is 15.6 Å². The summed E-state index contributed by atoms with van der Waals surface area (Å²) in [5.41, 5.74) is 8.83. The molecule has 0 saturated heterocycles. The Morgan fingerprint density at radius 1 is 1.18 bits per heavy atom. The molecule has 3 N–H and O–H groups in total. The number of rotatable bonds is 7. The van der Waals surface area contributed by atoms with Crippen molar-refractivity contribution < 1.29 is 9.84 Å². The Hall–Kier alpha value is -1.20. The van der Waals surface area contributed by atoms with E-state index in [0.717, 1.165) is 29.7 Å². The molecule has 0 radical (unpaired) electrons. The summed E-state index contributed by atoms with van der Waals surface area (Å²) in [6.45, 7) is 5.08. The van der Waals surface area contributed by atoms with Gasteiger partial charge in [0, 0.05) is 25.1 Å². The number of aryl methyl sites for hydroxylation is 1. The third-order valence-electron chi connectivity index (χ3n) is 2.67. The van der Waals surface area contributed by atoms with Crippen LogP contribution in [0.2, 0.25) is 0 Å². The fourth-order valence-electron chi connectivity index (χ4n) is 1.79. The first kappa shape index (κ1) is 13.9. The lowest BCUT2D eigenvalue weighted by molar-refractivity contribution is 0.226. The number of nitrogens with two attached hydrogens (primary N) is 1. The zero-order valence-electron chi connectivity index (χ0n) is 10.6. The van der Waals surface area contributed by atoms with Crippen molar-refractivity contribution >= 4 is 0 Å². The maximum atomic E-state index is 8.71. The van der Waals surface area contributed by atoms with Crippen molar-refractivity contribution in [2.45, 2.75) is 39.7 Å². The summed E-state index contributed by atoms with van der Waals surface area (Å²) < 4.78 is 5.50. The molecule has 0 aliphatic carbocycles. The first-order valence-corrected chi connectivity index (χ1v) is 6.09. The van der Waals surface area contributed by atoms with Gasteiger partial charge in [0.15, 0.2) is 0 Å². The maximum absolute atomic E-state index is 8.71. The molecule has 0 saturated carbocycles. The molecule has 0 spiro atoms. The molecule has 0 fully saturated rings. The molecule has 0 bridgehead atoms. The highest BCUT2D eigenvalue weighted by Gasteiger charge is 2.13. The number of hydrogen-bond acceptors (Lipinski definition) is 5. The minimum Gasteiger partial charge on any atom is -0.476 e. The zero-order chi connectivity index (χ0) is 12.7. The topological polar surface area (TPSA) is 81.3 Å². The third-order valence-corrected chi connectivity index (χ3v) is 2.67. The summed E-state index contributed by atoms with van der Waals surface area (Å²) in [5, 5.41) is 16.9. The van der Waals surface area contributed by atoms with Crippen molar-refractivity contribution in [3.63, 3.8) is 0 Å². The van der Waals surface area contributed by atoms with E-state index in [0.29, 0.717) is 25.5 Å². The summed E-state index contributed by atoms with van der Waals surface area (Å²) in [6.07, 6.45) is 2.31. The minimum absolute atomic E-state index is 0.110. The standard InChI is InChI=1S/C12H21N3O2/c1-3-9-10(8-13)12(17-7-5-6-16)15-14-11(9)4-2/h16H,3-8,13H2,1-2H3. The summed E-state index contributed by atoms with van der Waals surface area (Å²) >= 11 is 0. The summed E-state index contributed by atoms with van der Waals surface area (Å²) in [6, 6.07) is 0. The summed E-state index contributed by atoms with van der Waals surface area (Å²) in [7, 11) is 0. The van der Waals surface area contributed by atoms with Crippen molar-refractivity contribution in [2.75, 3.05) is 13.2 Å².